The van der Waals surface area contributed by atoms with Gasteiger partial charge in [0.1, 0.15) is 18.2 Å². The molecule has 21 heavy (non-hydrogen) atoms. The fourth-order valence-corrected chi connectivity index (χ4v) is 2.03. The second-order valence-corrected chi connectivity index (χ2v) is 4.59. The number of Topliss-reactive ketones (excluding diaryl/α,β-unsaturated/α-hetero) is 1. The van der Waals surface area contributed by atoms with Gasteiger partial charge in [0.15, 0.2) is 5.78 Å². The van der Waals surface area contributed by atoms with Crippen LogP contribution in [0.25, 0.3) is 11.1 Å². The van der Waals surface area contributed by atoms with Crippen LogP contribution >= 0.6 is 0 Å². The fourth-order valence-electron chi connectivity index (χ4n) is 2.03. The molecule has 0 spiro atoms. The van der Waals surface area contributed by atoms with Crippen LogP contribution in [0.4, 0.5) is 4.39 Å². The number of ketones is 1. The molecule has 0 saturated carbocycles. The van der Waals surface area contributed by atoms with Crippen LogP contribution < -0.4 is 4.74 Å². The van der Waals surface area contributed by atoms with Gasteiger partial charge in [-0.15, -0.1) is 0 Å². The van der Waals surface area contributed by atoms with Crippen molar-refractivity contribution in [2.45, 2.75) is 6.92 Å². The summed E-state index contributed by atoms with van der Waals surface area (Å²) in [6, 6.07) is 11.6. The molecule has 0 aliphatic carbocycles. The minimum absolute atomic E-state index is 0.0949. The van der Waals surface area contributed by atoms with Crippen molar-refractivity contribution in [2.24, 2.45) is 0 Å². The highest BCUT2D eigenvalue weighted by Crippen LogP contribution is 2.29. The van der Waals surface area contributed by atoms with Crippen molar-refractivity contribution in [3.63, 3.8) is 0 Å². The maximum Gasteiger partial charge on any atom is 0.163 e. The Morgan fingerprint density at radius 1 is 1.14 bits per heavy atom. The van der Waals surface area contributed by atoms with Crippen molar-refractivity contribution in [3.05, 3.63) is 53.8 Å². The zero-order chi connectivity index (χ0) is 15.2. The smallest absolute Gasteiger partial charge is 0.163 e. The molecular formula is C17H17FO3. The van der Waals surface area contributed by atoms with E-state index in [1.54, 1.807) is 43.5 Å². The van der Waals surface area contributed by atoms with E-state index in [-0.39, 0.29) is 11.6 Å². The van der Waals surface area contributed by atoms with E-state index in [2.05, 4.69) is 0 Å². The van der Waals surface area contributed by atoms with Gasteiger partial charge in [0.25, 0.3) is 0 Å². The van der Waals surface area contributed by atoms with E-state index < -0.39 is 0 Å². The molecule has 0 amide bonds. The van der Waals surface area contributed by atoms with Gasteiger partial charge in [0.2, 0.25) is 0 Å². The average molecular weight is 288 g/mol. The van der Waals surface area contributed by atoms with Gasteiger partial charge in [0, 0.05) is 12.7 Å². The number of ether oxygens (including phenoxy) is 2. The normalized spacial score (nSPS) is 10.4. The Bertz CT molecular complexity index is 638. The molecule has 0 atom stereocenters. The molecule has 0 aliphatic rings. The molecule has 0 unspecified atom stereocenters. The standard InChI is InChI=1S/C17H17FO3/c1-12(19)14-8-7-13(11-17(14)21-10-9-20-2)15-5-3-4-6-16(15)18/h3-8,11H,9-10H2,1-2H3. The van der Waals surface area contributed by atoms with Crippen molar-refractivity contribution in [1.82, 2.24) is 0 Å². The number of benzene rings is 2. The van der Waals surface area contributed by atoms with E-state index in [0.29, 0.717) is 35.7 Å². The minimum atomic E-state index is -0.309. The molecule has 110 valence electrons. The number of rotatable bonds is 6. The summed E-state index contributed by atoms with van der Waals surface area (Å²) >= 11 is 0. The Kier molecular flexibility index (Phi) is 5.06. The van der Waals surface area contributed by atoms with E-state index in [1.165, 1.54) is 13.0 Å². The van der Waals surface area contributed by atoms with Gasteiger partial charge < -0.3 is 9.47 Å². The van der Waals surface area contributed by atoms with E-state index >= 15 is 0 Å². The summed E-state index contributed by atoms with van der Waals surface area (Å²) in [5, 5.41) is 0. The minimum Gasteiger partial charge on any atom is -0.490 e. The van der Waals surface area contributed by atoms with Gasteiger partial charge in [-0.25, -0.2) is 4.39 Å². The van der Waals surface area contributed by atoms with Crippen LogP contribution in [0, 0.1) is 5.82 Å². The molecule has 0 fully saturated rings. The summed E-state index contributed by atoms with van der Waals surface area (Å²) in [5.41, 5.74) is 1.63. The predicted molar refractivity (Wildman–Crippen MR) is 79.2 cm³/mol. The van der Waals surface area contributed by atoms with Crippen LogP contribution in [0.3, 0.4) is 0 Å². The second-order valence-electron chi connectivity index (χ2n) is 4.59. The van der Waals surface area contributed by atoms with Crippen LogP contribution in [-0.4, -0.2) is 26.1 Å². The third-order valence-electron chi connectivity index (χ3n) is 3.09. The molecule has 0 bridgehead atoms. The summed E-state index contributed by atoms with van der Waals surface area (Å²) in [4.78, 5) is 11.6. The number of hydrogen-bond acceptors (Lipinski definition) is 3. The zero-order valence-corrected chi connectivity index (χ0v) is 12.1. The molecule has 2 aromatic rings. The Hall–Kier alpha value is -2.20. The van der Waals surface area contributed by atoms with Gasteiger partial charge >= 0.3 is 0 Å². The van der Waals surface area contributed by atoms with E-state index in [9.17, 15) is 9.18 Å². The number of hydrogen-bond donors (Lipinski definition) is 0. The first-order valence-corrected chi connectivity index (χ1v) is 6.65. The molecule has 2 aromatic carbocycles. The summed E-state index contributed by atoms with van der Waals surface area (Å²) in [6.07, 6.45) is 0. The lowest BCUT2D eigenvalue weighted by Crippen LogP contribution is -2.07. The summed E-state index contributed by atoms with van der Waals surface area (Å²) in [7, 11) is 1.57. The van der Waals surface area contributed by atoms with Crippen molar-refractivity contribution in [1.29, 1.82) is 0 Å². The lowest BCUT2D eigenvalue weighted by molar-refractivity contribution is 0.100. The molecule has 0 saturated heterocycles. The molecule has 0 heterocycles. The molecule has 3 nitrogen and oxygen atoms in total. The van der Waals surface area contributed by atoms with Gasteiger partial charge in [-0.05, 0) is 30.7 Å². The van der Waals surface area contributed by atoms with Crippen LogP contribution in [0.15, 0.2) is 42.5 Å². The summed E-state index contributed by atoms with van der Waals surface area (Å²) in [5.74, 6) is 0.0405. The number of carbonyl (C=O) groups is 1. The molecule has 4 heteroatoms. The number of carbonyl (C=O) groups excluding carboxylic acids is 1. The first kappa shape index (κ1) is 15.2. The molecular weight excluding hydrogens is 271 g/mol. The van der Waals surface area contributed by atoms with Crippen LogP contribution in [0.2, 0.25) is 0 Å². The summed E-state index contributed by atoms with van der Waals surface area (Å²) < 4.78 is 24.3. The maximum atomic E-state index is 13.8. The van der Waals surface area contributed by atoms with Crippen molar-refractivity contribution >= 4 is 5.78 Å². The van der Waals surface area contributed by atoms with Gasteiger partial charge in [0.05, 0.1) is 12.2 Å². The van der Waals surface area contributed by atoms with E-state index in [0.717, 1.165) is 0 Å². The lowest BCUT2D eigenvalue weighted by atomic mass is 10.0. The van der Waals surface area contributed by atoms with E-state index in [1.807, 2.05) is 0 Å². The van der Waals surface area contributed by atoms with Gasteiger partial charge in [-0.1, -0.05) is 24.3 Å². The number of halogens is 1. The SMILES string of the molecule is COCCOc1cc(-c2ccccc2F)ccc1C(C)=O. The highest BCUT2D eigenvalue weighted by molar-refractivity contribution is 5.97. The Morgan fingerprint density at radius 3 is 2.57 bits per heavy atom. The highest BCUT2D eigenvalue weighted by atomic mass is 19.1. The lowest BCUT2D eigenvalue weighted by Gasteiger charge is -2.12. The van der Waals surface area contributed by atoms with Crippen LogP contribution in [0.1, 0.15) is 17.3 Å². The van der Waals surface area contributed by atoms with Gasteiger partial charge in [-0.3, -0.25) is 4.79 Å². The topological polar surface area (TPSA) is 35.5 Å². The van der Waals surface area contributed by atoms with Crippen LogP contribution in [0.5, 0.6) is 5.75 Å². The Labute approximate surface area is 123 Å². The third-order valence-corrected chi connectivity index (χ3v) is 3.09. The zero-order valence-electron chi connectivity index (χ0n) is 12.1. The van der Waals surface area contributed by atoms with Crippen molar-refractivity contribution in [3.8, 4) is 16.9 Å². The van der Waals surface area contributed by atoms with Crippen molar-refractivity contribution < 1.29 is 18.7 Å². The molecule has 0 N–H and O–H groups in total. The maximum absolute atomic E-state index is 13.8. The first-order valence-electron chi connectivity index (χ1n) is 6.65. The molecule has 0 aliphatic heterocycles. The predicted octanol–water partition coefficient (Wildman–Crippen LogP) is 3.72. The number of methoxy groups -OCH3 is 1. The molecule has 0 aromatic heterocycles. The quantitative estimate of drug-likeness (QED) is 0.600. The van der Waals surface area contributed by atoms with Crippen molar-refractivity contribution in [2.75, 3.05) is 20.3 Å². The van der Waals surface area contributed by atoms with Crippen LogP contribution in [-0.2, 0) is 4.74 Å². The largest absolute Gasteiger partial charge is 0.490 e. The monoisotopic (exact) mass is 288 g/mol. The fraction of sp³-hybridized carbons (Fsp3) is 0.235. The molecule has 0 radical (unpaired) electrons. The summed E-state index contributed by atoms with van der Waals surface area (Å²) in [6.45, 7) is 2.22. The Morgan fingerprint density at radius 2 is 1.90 bits per heavy atom. The highest BCUT2D eigenvalue weighted by Gasteiger charge is 2.12. The second kappa shape index (κ2) is 6.99. The third kappa shape index (κ3) is 3.67. The van der Waals surface area contributed by atoms with E-state index in [4.69, 9.17) is 9.47 Å². The Balaban J connectivity index is 2.39. The first-order chi connectivity index (χ1) is 10.1. The average Bonchev–Trinajstić information content (AvgIpc) is 2.47. The van der Waals surface area contributed by atoms with Gasteiger partial charge in [-0.2, -0.15) is 0 Å². The molecule has 2 rings (SSSR count).